The molecule has 98 valence electrons. The van der Waals surface area contributed by atoms with Gasteiger partial charge in [0.1, 0.15) is 23.7 Å². The molecule has 2 aromatic heterocycles. The smallest absolute Gasteiger partial charge is 0.165 e. The van der Waals surface area contributed by atoms with Crippen LogP contribution < -0.4 is 5.73 Å². The van der Waals surface area contributed by atoms with E-state index in [9.17, 15) is 4.39 Å². The van der Waals surface area contributed by atoms with Gasteiger partial charge in [0.2, 0.25) is 0 Å². The highest BCUT2D eigenvalue weighted by Crippen LogP contribution is 2.18. The molecule has 0 fully saturated rings. The second-order valence-electron chi connectivity index (χ2n) is 4.19. The van der Waals surface area contributed by atoms with Crippen molar-refractivity contribution in [3.8, 4) is 6.07 Å². The molecule has 3 aromatic rings. The molecular weight excluding hydrogens is 259 g/mol. The number of imidazole rings is 1. The fourth-order valence-electron chi connectivity index (χ4n) is 1.99. The Balaban J connectivity index is 2.07. The third-order valence-corrected chi connectivity index (χ3v) is 2.97. The molecule has 2 heterocycles. The van der Waals surface area contributed by atoms with Crippen LogP contribution in [-0.2, 0) is 6.54 Å². The van der Waals surface area contributed by atoms with E-state index in [1.807, 2.05) is 6.07 Å². The molecule has 0 aliphatic heterocycles. The van der Waals surface area contributed by atoms with E-state index in [2.05, 4.69) is 15.0 Å². The van der Waals surface area contributed by atoms with Crippen LogP contribution in [-0.4, -0.2) is 19.5 Å². The average Bonchev–Trinajstić information content (AvgIpc) is 2.86. The van der Waals surface area contributed by atoms with Gasteiger partial charge in [0.25, 0.3) is 0 Å². The number of hydrogen-bond donors (Lipinski definition) is 1. The van der Waals surface area contributed by atoms with Gasteiger partial charge in [-0.1, -0.05) is 12.1 Å². The number of nitriles is 1. The lowest BCUT2D eigenvalue weighted by atomic mass is 10.1. The average molecular weight is 268 g/mol. The normalized spacial score (nSPS) is 10.6. The molecule has 0 spiro atoms. The number of nitrogen functional groups attached to an aromatic ring is 1. The summed E-state index contributed by atoms with van der Waals surface area (Å²) in [6.45, 7) is 0.217. The third-order valence-electron chi connectivity index (χ3n) is 2.97. The summed E-state index contributed by atoms with van der Waals surface area (Å²) >= 11 is 0. The standard InChI is InChI=1S/C13H9FN6/c14-10-8(4-15)2-1-3-9(10)5-20-7-19-11-12(16)17-6-18-13(11)20/h1-3,6-7H,5H2,(H2,16,17,18). The number of aromatic nitrogens is 4. The Morgan fingerprint density at radius 2 is 2.15 bits per heavy atom. The van der Waals surface area contributed by atoms with Crippen LogP contribution in [0.15, 0.2) is 30.9 Å². The second kappa shape index (κ2) is 4.59. The van der Waals surface area contributed by atoms with Crippen molar-refractivity contribution in [1.82, 2.24) is 19.5 Å². The largest absolute Gasteiger partial charge is 0.382 e. The molecule has 0 saturated heterocycles. The number of hydrogen-bond acceptors (Lipinski definition) is 5. The number of benzene rings is 1. The van der Waals surface area contributed by atoms with Crippen LogP contribution in [0, 0.1) is 17.1 Å². The van der Waals surface area contributed by atoms with Gasteiger partial charge in [-0.3, -0.25) is 0 Å². The molecule has 3 rings (SSSR count). The Morgan fingerprint density at radius 3 is 2.95 bits per heavy atom. The minimum atomic E-state index is -0.529. The van der Waals surface area contributed by atoms with E-state index in [1.54, 1.807) is 16.7 Å². The molecule has 0 radical (unpaired) electrons. The summed E-state index contributed by atoms with van der Waals surface area (Å²) in [5.41, 5.74) is 7.10. The van der Waals surface area contributed by atoms with Crippen LogP contribution in [0.1, 0.15) is 11.1 Å². The number of anilines is 1. The van der Waals surface area contributed by atoms with Crippen LogP contribution in [0.2, 0.25) is 0 Å². The zero-order chi connectivity index (χ0) is 14.1. The van der Waals surface area contributed by atoms with Gasteiger partial charge < -0.3 is 10.3 Å². The summed E-state index contributed by atoms with van der Waals surface area (Å²) in [5.74, 6) is -0.251. The SMILES string of the molecule is N#Cc1cccc(Cn2cnc3c(N)ncnc32)c1F. The van der Waals surface area contributed by atoms with Crippen molar-refractivity contribution in [2.75, 3.05) is 5.73 Å². The maximum atomic E-state index is 14.0. The fourth-order valence-corrected chi connectivity index (χ4v) is 1.99. The maximum absolute atomic E-state index is 14.0. The number of fused-ring (bicyclic) bond motifs is 1. The molecule has 0 aliphatic carbocycles. The molecule has 0 unspecified atom stereocenters. The predicted octanol–water partition coefficient (Wildman–Crippen LogP) is 1.47. The van der Waals surface area contributed by atoms with Crippen molar-refractivity contribution in [1.29, 1.82) is 5.26 Å². The zero-order valence-electron chi connectivity index (χ0n) is 10.3. The fraction of sp³-hybridized carbons (Fsp3) is 0.0769. The number of nitrogens with two attached hydrogens (primary N) is 1. The first-order chi connectivity index (χ1) is 9.70. The van der Waals surface area contributed by atoms with E-state index >= 15 is 0 Å². The first-order valence-electron chi connectivity index (χ1n) is 5.79. The maximum Gasteiger partial charge on any atom is 0.165 e. The molecule has 0 bridgehead atoms. The zero-order valence-corrected chi connectivity index (χ0v) is 10.3. The highest BCUT2D eigenvalue weighted by molar-refractivity contribution is 5.81. The van der Waals surface area contributed by atoms with E-state index < -0.39 is 5.82 Å². The van der Waals surface area contributed by atoms with Crippen LogP contribution in [0.3, 0.4) is 0 Å². The van der Waals surface area contributed by atoms with Crippen molar-refractivity contribution in [2.45, 2.75) is 6.54 Å². The molecule has 0 saturated carbocycles. The van der Waals surface area contributed by atoms with Gasteiger partial charge in [-0.25, -0.2) is 19.3 Å². The van der Waals surface area contributed by atoms with E-state index in [-0.39, 0.29) is 17.9 Å². The third kappa shape index (κ3) is 1.83. The lowest BCUT2D eigenvalue weighted by molar-refractivity contribution is 0.597. The second-order valence-corrected chi connectivity index (χ2v) is 4.19. The molecule has 6 nitrogen and oxygen atoms in total. The lowest BCUT2D eigenvalue weighted by Gasteiger charge is -2.06. The monoisotopic (exact) mass is 268 g/mol. The first-order valence-corrected chi connectivity index (χ1v) is 5.79. The summed E-state index contributed by atoms with van der Waals surface area (Å²) in [4.78, 5) is 12.1. The van der Waals surface area contributed by atoms with Gasteiger partial charge in [-0.05, 0) is 6.07 Å². The van der Waals surface area contributed by atoms with Gasteiger partial charge in [-0.15, -0.1) is 0 Å². The Morgan fingerprint density at radius 1 is 1.30 bits per heavy atom. The summed E-state index contributed by atoms with van der Waals surface area (Å²) in [5, 5.41) is 8.83. The van der Waals surface area contributed by atoms with Gasteiger partial charge >= 0.3 is 0 Å². The molecule has 0 aliphatic rings. The highest BCUT2D eigenvalue weighted by Gasteiger charge is 2.12. The van der Waals surface area contributed by atoms with Crippen LogP contribution in [0.25, 0.3) is 11.2 Å². The Hall–Kier alpha value is -3.01. The van der Waals surface area contributed by atoms with Crippen molar-refractivity contribution in [3.05, 3.63) is 47.8 Å². The van der Waals surface area contributed by atoms with Gasteiger partial charge in [0, 0.05) is 5.56 Å². The topological polar surface area (TPSA) is 93.4 Å². The minimum absolute atomic E-state index is 0.0149. The Bertz CT molecular complexity index is 832. The van der Waals surface area contributed by atoms with E-state index in [0.717, 1.165) is 0 Å². The van der Waals surface area contributed by atoms with Gasteiger partial charge in [0.15, 0.2) is 11.5 Å². The van der Waals surface area contributed by atoms with E-state index in [1.165, 1.54) is 18.7 Å². The van der Waals surface area contributed by atoms with Crippen LogP contribution in [0.5, 0.6) is 0 Å². The molecule has 0 amide bonds. The van der Waals surface area contributed by atoms with Gasteiger partial charge in [-0.2, -0.15) is 5.26 Å². The summed E-state index contributed by atoms with van der Waals surface area (Å²) in [7, 11) is 0. The van der Waals surface area contributed by atoms with Crippen molar-refractivity contribution < 1.29 is 4.39 Å². The van der Waals surface area contributed by atoms with Crippen molar-refractivity contribution in [2.24, 2.45) is 0 Å². The van der Waals surface area contributed by atoms with Crippen molar-refractivity contribution in [3.63, 3.8) is 0 Å². The van der Waals surface area contributed by atoms with Crippen LogP contribution in [0.4, 0.5) is 10.2 Å². The Kier molecular flexibility index (Phi) is 2.76. The highest BCUT2D eigenvalue weighted by atomic mass is 19.1. The molecule has 0 atom stereocenters. The summed E-state index contributed by atoms with van der Waals surface area (Å²) < 4.78 is 15.7. The summed E-state index contributed by atoms with van der Waals surface area (Å²) in [6, 6.07) is 6.51. The number of halogens is 1. The van der Waals surface area contributed by atoms with Gasteiger partial charge in [0.05, 0.1) is 18.4 Å². The number of rotatable bonds is 2. The van der Waals surface area contributed by atoms with E-state index in [0.29, 0.717) is 16.7 Å². The molecule has 1 aromatic carbocycles. The predicted molar refractivity (Wildman–Crippen MR) is 70.0 cm³/mol. The van der Waals surface area contributed by atoms with Crippen molar-refractivity contribution >= 4 is 17.0 Å². The lowest BCUT2D eigenvalue weighted by Crippen LogP contribution is -2.03. The molecule has 7 heteroatoms. The minimum Gasteiger partial charge on any atom is -0.382 e. The molecule has 2 N–H and O–H groups in total. The van der Waals surface area contributed by atoms with E-state index in [4.69, 9.17) is 11.0 Å². The summed E-state index contributed by atoms with van der Waals surface area (Å²) in [6.07, 6.45) is 2.85. The number of nitrogens with zero attached hydrogens (tertiary/aromatic N) is 5. The molecule has 20 heavy (non-hydrogen) atoms. The quantitative estimate of drug-likeness (QED) is 0.759. The molecular formula is C13H9FN6. The van der Waals surface area contributed by atoms with Crippen LogP contribution >= 0.6 is 0 Å². The Labute approximate surface area is 113 Å². The first kappa shape index (κ1) is 12.0.